The number of thioether (sulfide) groups is 1. The minimum atomic E-state index is -4.39. The van der Waals surface area contributed by atoms with Gasteiger partial charge in [-0.1, -0.05) is 11.8 Å². The molecule has 0 saturated heterocycles. The third-order valence-electron chi connectivity index (χ3n) is 3.27. The molecule has 0 atom stereocenters. The van der Waals surface area contributed by atoms with Crippen LogP contribution < -0.4 is 5.32 Å². The number of hydrogen-bond acceptors (Lipinski definition) is 4. The molecule has 1 aliphatic rings. The number of aromatic amines is 1. The maximum atomic E-state index is 12.4. The first-order chi connectivity index (χ1) is 10.9. The molecule has 1 saturated carbocycles. The van der Waals surface area contributed by atoms with Crippen molar-refractivity contribution in [1.29, 1.82) is 0 Å². The number of hydrogen-bond donors (Lipinski definition) is 2. The smallest absolute Gasteiger partial charge is 0.325 e. The number of amides is 1. The number of nitrogens with one attached hydrogen (secondary N) is 2. The number of rotatable bonds is 5. The van der Waals surface area contributed by atoms with Crippen molar-refractivity contribution in [3.63, 3.8) is 0 Å². The van der Waals surface area contributed by atoms with Crippen LogP contribution in [0.5, 0.6) is 0 Å². The summed E-state index contributed by atoms with van der Waals surface area (Å²) in [5.41, 5.74) is -0.435. The lowest BCUT2D eigenvalue weighted by Gasteiger charge is -2.08. The van der Waals surface area contributed by atoms with Crippen molar-refractivity contribution in [2.24, 2.45) is 0 Å². The topological polar surface area (TPSA) is 70.7 Å². The summed E-state index contributed by atoms with van der Waals surface area (Å²) in [6.07, 6.45) is -2.18. The average Bonchev–Trinajstić information content (AvgIpc) is 3.24. The Balaban J connectivity index is 1.50. The predicted octanol–water partition coefficient (Wildman–Crippen LogP) is 3.43. The second kappa shape index (κ2) is 6.23. The van der Waals surface area contributed by atoms with Crippen molar-refractivity contribution in [3.8, 4) is 0 Å². The van der Waals surface area contributed by atoms with Crippen LogP contribution in [0.1, 0.15) is 30.1 Å². The standard InChI is InChI=1S/C14H13F3N4OS/c15-14(16,17)9-3-5-10(6-4-9)18-11(22)7-23-13-19-12(20-21-13)8-1-2-8/h3-6,8H,1-2,7H2,(H,18,22)(H,19,20,21). The van der Waals surface area contributed by atoms with E-state index in [4.69, 9.17) is 0 Å². The second-order valence-corrected chi connectivity index (χ2v) is 6.13. The van der Waals surface area contributed by atoms with Gasteiger partial charge in [0.05, 0.1) is 11.3 Å². The number of nitrogens with zero attached hydrogens (tertiary/aromatic N) is 2. The third-order valence-corrected chi connectivity index (χ3v) is 4.12. The molecule has 1 amide bonds. The van der Waals surface area contributed by atoms with Gasteiger partial charge in [0.25, 0.3) is 0 Å². The van der Waals surface area contributed by atoms with E-state index in [0.29, 0.717) is 16.8 Å². The molecule has 2 aromatic rings. The molecule has 0 aliphatic heterocycles. The quantitative estimate of drug-likeness (QED) is 0.817. The number of benzene rings is 1. The predicted molar refractivity (Wildman–Crippen MR) is 79.2 cm³/mol. The molecule has 5 nitrogen and oxygen atoms in total. The number of H-pyrrole nitrogens is 1. The van der Waals surface area contributed by atoms with Gasteiger partial charge in [-0.2, -0.15) is 13.2 Å². The Kier molecular flexibility index (Phi) is 4.29. The Morgan fingerprint density at radius 3 is 2.61 bits per heavy atom. The molecular weight excluding hydrogens is 329 g/mol. The summed E-state index contributed by atoms with van der Waals surface area (Å²) in [4.78, 5) is 16.1. The molecule has 3 rings (SSSR count). The third kappa shape index (κ3) is 4.25. The number of halogens is 3. The van der Waals surface area contributed by atoms with Gasteiger partial charge >= 0.3 is 6.18 Å². The van der Waals surface area contributed by atoms with Crippen molar-refractivity contribution < 1.29 is 18.0 Å². The van der Waals surface area contributed by atoms with E-state index >= 15 is 0 Å². The van der Waals surface area contributed by atoms with Gasteiger partial charge in [-0.05, 0) is 37.1 Å². The molecule has 23 heavy (non-hydrogen) atoms. The van der Waals surface area contributed by atoms with Crippen LogP contribution in [0.3, 0.4) is 0 Å². The Labute approximate surface area is 134 Å². The van der Waals surface area contributed by atoms with E-state index in [1.807, 2.05) is 0 Å². The molecule has 2 N–H and O–H groups in total. The fourth-order valence-electron chi connectivity index (χ4n) is 1.93. The van der Waals surface area contributed by atoms with Gasteiger partial charge in [-0.25, -0.2) is 4.98 Å². The van der Waals surface area contributed by atoms with Crippen molar-refractivity contribution in [2.45, 2.75) is 30.1 Å². The molecule has 9 heteroatoms. The second-order valence-electron chi connectivity index (χ2n) is 5.19. The highest BCUT2D eigenvalue weighted by Gasteiger charge is 2.30. The van der Waals surface area contributed by atoms with Crippen molar-refractivity contribution >= 4 is 23.4 Å². The number of aromatic nitrogens is 3. The van der Waals surface area contributed by atoms with Crippen LogP contribution in [0.15, 0.2) is 29.4 Å². The Hall–Kier alpha value is -2.03. The summed E-state index contributed by atoms with van der Waals surface area (Å²) in [5.74, 6) is 1.06. The number of alkyl halides is 3. The van der Waals surface area contributed by atoms with Crippen LogP contribution in [0.4, 0.5) is 18.9 Å². The van der Waals surface area contributed by atoms with Gasteiger partial charge in [0.15, 0.2) is 0 Å². The lowest BCUT2D eigenvalue weighted by molar-refractivity contribution is -0.137. The highest BCUT2D eigenvalue weighted by molar-refractivity contribution is 7.99. The Morgan fingerprint density at radius 1 is 1.30 bits per heavy atom. The lowest BCUT2D eigenvalue weighted by Crippen LogP contribution is -2.14. The summed E-state index contributed by atoms with van der Waals surface area (Å²) < 4.78 is 37.3. The molecule has 1 aromatic heterocycles. The summed E-state index contributed by atoms with van der Waals surface area (Å²) in [7, 11) is 0. The van der Waals surface area contributed by atoms with Crippen LogP contribution in [-0.4, -0.2) is 26.8 Å². The van der Waals surface area contributed by atoms with Crippen LogP contribution in [0.25, 0.3) is 0 Å². The molecule has 0 bridgehead atoms. The van der Waals surface area contributed by atoms with Crippen LogP contribution in [-0.2, 0) is 11.0 Å². The van der Waals surface area contributed by atoms with Gasteiger partial charge < -0.3 is 5.32 Å². The highest BCUT2D eigenvalue weighted by atomic mass is 32.2. The molecular formula is C14H13F3N4OS. The fraction of sp³-hybridized carbons (Fsp3) is 0.357. The maximum Gasteiger partial charge on any atom is 0.416 e. The molecule has 1 heterocycles. The summed E-state index contributed by atoms with van der Waals surface area (Å²) in [6.45, 7) is 0. The molecule has 0 spiro atoms. The van der Waals surface area contributed by atoms with Gasteiger partial charge in [0, 0.05) is 11.6 Å². The van der Waals surface area contributed by atoms with E-state index < -0.39 is 11.7 Å². The zero-order valence-electron chi connectivity index (χ0n) is 11.9. The minimum absolute atomic E-state index is 0.0863. The largest absolute Gasteiger partial charge is 0.416 e. The zero-order valence-corrected chi connectivity index (χ0v) is 12.7. The van der Waals surface area contributed by atoms with Gasteiger partial charge in [-0.15, -0.1) is 5.10 Å². The summed E-state index contributed by atoms with van der Waals surface area (Å²) in [6, 6.07) is 4.31. The van der Waals surface area contributed by atoms with Crippen LogP contribution in [0, 0.1) is 0 Å². The SMILES string of the molecule is O=C(CSc1n[nH]c(C2CC2)n1)Nc1ccc(C(F)(F)F)cc1. The molecule has 1 fully saturated rings. The van der Waals surface area contributed by atoms with Gasteiger partial charge in [0.1, 0.15) is 5.82 Å². The lowest BCUT2D eigenvalue weighted by atomic mass is 10.2. The van der Waals surface area contributed by atoms with E-state index in [1.165, 1.54) is 23.9 Å². The van der Waals surface area contributed by atoms with Crippen molar-refractivity contribution in [2.75, 3.05) is 11.1 Å². The monoisotopic (exact) mass is 342 g/mol. The fourth-order valence-corrected chi connectivity index (χ4v) is 2.54. The molecule has 0 radical (unpaired) electrons. The summed E-state index contributed by atoms with van der Waals surface area (Å²) in [5, 5.41) is 9.89. The van der Waals surface area contributed by atoms with Crippen molar-refractivity contribution in [3.05, 3.63) is 35.7 Å². The Morgan fingerprint density at radius 2 is 2.00 bits per heavy atom. The number of anilines is 1. The van der Waals surface area contributed by atoms with E-state index in [-0.39, 0.29) is 11.7 Å². The minimum Gasteiger partial charge on any atom is -0.325 e. The van der Waals surface area contributed by atoms with E-state index in [9.17, 15) is 18.0 Å². The molecule has 1 aromatic carbocycles. The highest BCUT2D eigenvalue weighted by Crippen LogP contribution is 2.38. The van der Waals surface area contributed by atoms with E-state index in [0.717, 1.165) is 30.8 Å². The maximum absolute atomic E-state index is 12.4. The first-order valence-electron chi connectivity index (χ1n) is 6.94. The molecule has 0 unspecified atom stereocenters. The van der Waals surface area contributed by atoms with Crippen LogP contribution >= 0.6 is 11.8 Å². The van der Waals surface area contributed by atoms with Crippen LogP contribution in [0.2, 0.25) is 0 Å². The van der Waals surface area contributed by atoms with E-state index in [2.05, 4.69) is 20.5 Å². The summed E-state index contributed by atoms with van der Waals surface area (Å²) >= 11 is 1.18. The van der Waals surface area contributed by atoms with Crippen molar-refractivity contribution in [1.82, 2.24) is 15.2 Å². The molecule has 1 aliphatic carbocycles. The first-order valence-corrected chi connectivity index (χ1v) is 7.92. The number of carbonyl (C=O) groups excluding carboxylic acids is 1. The average molecular weight is 342 g/mol. The normalized spacial score (nSPS) is 14.7. The first kappa shape index (κ1) is 15.9. The van der Waals surface area contributed by atoms with Gasteiger partial charge in [0.2, 0.25) is 11.1 Å². The zero-order chi connectivity index (χ0) is 16.4. The number of carbonyl (C=O) groups is 1. The van der Waals surface area contributed by atoms with Gasteiger partial charge in [-0.3, -0.25) is 9.89 Å². The molecule has 122 valence electrons. The van der Waals surface area contributed by atoms with E-state index in [1.54, 1.807) is 0 Å². The Bertz CT molecular complexity index is 695.